The van der Waals surface area contributed by atoms with Gasteiger partial charge in [-0.05, 0) is 123 Å². The smallest absolute Gasteiger partial charge is 0.189 e. The lowest BCUT2D eigenvalue weighted by Crippen LogP contribution is -2.56. The van der Waals surface area contributed by atoms with E-state index in [1.54, 1.807) is 0 Å². The van der Waals surface area contributed by atoms with Crippen molar-refractivity contribution in [3.8, 4) is 11.8 Å². The van der Waals surface area contributed by atoms with Crippen molar-refractivity contribution in [1.82, 2.24) is 19.9 Å². The first-order chi connectivity index (χ1) is 27.5. The number of rotatable bonds is 8. The molecule has 0 aliphatic heterocycles. The molecule has 2 aromatic heterocycles. The predicted molar refractivity (Wildman–Crippen MR) is 223 cm³/mol. The molecule has 2 heterocycles. The molecule has 11 rings (SSSR count). The van der Waals surface area contributed by atoms with Gasteiger partial charge in [-0.25, -0.2) is 4.98 Å². The molecule has 9 heteroatoms. The van der Waals surface area contributed by atoms with Crippen LogP contribution in [0.4, 0.5) is 0 Å². The number of benzene rings is 2. The average Bonchev–Trinajstić information content (AvgIpc) is 3.98. The molecule has 57 heavy (non-hydrogen) atoms. The van der Waals surface area contributed by atoms with Crippen molar-refractivity contribution in [2.24, 2.45) is 57.1 Å². The molecule has 0 amide bonds. The number of guanidine groups is 1. The number of nitrogens with two attached hydrogens (primary N) is 1. The minimum atomic E-state index is -1.46. The van der Waals surface area contributed by atoms with Crippen LogP contribution in [0.25, 0.3) is 10.9 Å². The van der Waals surface area contributed by atoms with E-state index >= 15 is 0 Å². The standard InChI is InChI=1S/C48H58N6O3/c1-45(56)34-12-14-39-43-40(45)23-42(55)48(43,57)28-37(53-44(49)51-18-16-31-7-3-2-4-8-31)13-11-35-25-46(17-15-32(24-46)29-54-20-19-50-30-54)26-36(47(35,39)27-34)22-38-21-33-9-5-6-10-41(33)52-38/h2-10,19-21,26,30,32,34-35,37,39-40,42-43,52,55-57H,12,14-18,22-25,27-29H2,1H3,(H3,49,51,53)/t32-,34-,35+,37+,39-,40+,42-,43+,45-,46+,47+,48+/m1/s1. The molecule has 12 atom stereocenters. The van der Waals surface area contributed by atoms with Crippen LogP contribution in [0.5, 0.6) is 0 Å². The number of hydrogen-bond donors (Lipinski definition) is 6. The van der Waals surface area contributed by atoms with E-state index in [9.17, 15) is 15.3 Å². The molecule has 4 bridgehead atoms. The fraction of sp³-hybridized carbons (Fsp3) is 0.542. The highest BCUT2D eigenvalue weighted by Gasteiger charge is 2.71. The largest absolute Gasteiger partial charge is 0.390 e. The van der Waals surface area contributed by atoms with Crippen molar-refractivity contribution in [3.63, 3.8) is 0 Å². The van der Waals surface area contributed by atoms with Gasteiger partial charge in [-0.15, -0.1) is 0 Å². The minimum absolute atomic E-state index is 0.00887. The summed E-state index contributed by atoms with van der Waals surface area (Å²) in [7, 11) is 0. The van der Waals surface area contributed by atoms with E-state index in [4.69, 9.17) is 10.7 Å². The van der Waals surface area contributed by atoms with Crippen molar-refractivity contribution in [3.05, 3.63) is 102 Å². The van der Waals surface area contributed by atoms with E-state index in [1.807, 2.05) is 37.6 Å². The number of para-hydroxylation sites is 1. The van der Waals surface area contributed by atoms with Crippen LogP contribution in [0.3, 0.4) is 0 Å². The maximum atomic E-state index is 13.2. The Labute approximate surface area is 336 Å². The van der Waals surface area contributed by atoms with Gasteiger partial charge in [0, 0.05) is 60.9 Å². The quantitative estimate of drug-likeness (QED) is 0.0549. The van der Waals surface area contributed by atoms with E-state index in [0.717, 1.165) is 69.8 Å². The van der Waals surface area contributed by atoms with Gasteiger partial charge in [0.15, 0.2) is 5.96 Å². The molecule has 5 saturated carbocycles. The Hall–Kier alpha value is -4.36. The molecule has 298 valence electrons. The molecule has 7 N–H and O–H groups in total. The molecule has 0 radical (unpaired) electrons. The van der Waals surface area contributed by atoms with Crippen LogP contribution in [-0.4, -0.2) is 65.7 Å². The summed E-state index contributed by atoms with van der Waals surface area (Å²) in [5.74, 6) is 8.07. The predicted octanol–water partition coefficient (Wildman–Crippen LogP) is 6.16. The fourth-order valence-electron chi connectivity index (χ4n) is 13.5. The molecule has 7 aliphatic rings. The maximum absolute atomic E-state index is 13.2. The average molecular weight is 767 g/mol. The number of aromatic nitrogens is 3. The number of aromatic amines is 1. The first-order valence-electron chi connectivity index (χ1n) is 21.5. The zero-order chi connectivity index (χ0) is 39.0. The first-order valence-corrected chi connectivity index (χ1v) is 21.5. The summed E-state index contributed by atoms with van der Waals surface area (Å²) in [6.07, 6.45) is 16.7. The SMILES string of the molecule is C[C@@]1(O)[C@@H]2CC[C@@H]3[C@H]4[C@@H]1C[C@@H](O)[C@@]4(O)C[C@@H](NC(N)=NCCc1ccccc1)C#C[C@H]1C[C@]4(C=C(Cc5cc6ccccc6[nH]5)[C@@]31C2)CC[C@@H](Cn1ccnc1)C4. The summed E-state index contributed by atoms with van der Waals surface area (Å²) >= 11 is 0. The highest BCUT2D eigenvalue weighted by Crippen LogP contribution is 2.72. The van der Waals surface area contributed by atoms with Gasteiger partial charge in [-0.2, -0.15) is 0 Å². The second-order valence-electron chi connectivity index (χ2n) is 19.1. The topological polar surface area (TPSA) is 145 Å². The minimum Gasteiger partial charge on any atom is -0.390 e. The lowest BCUT2D eigenvalue weighted by atomic mass is 9.46. The summed E-state index contributed by atoms with van der Waals surface area (Å²) in [6, 6.07) is 20.6. The van der Waals surface area contributed by atoms with Crippen molar-refractivity contribution < 1.29 is 15.3 Å². The van der Waals surface area contributed by atoms with Gasteiger partial charge in [0.05, 0.1) is 29.7 Å². The van der Waals surface area contributed by atoms with Gasteiger partial charge in [0.2, 0.25) is 0 Å². The number of H-pyrrole nitrogens is 1. The number of aliphatic imine (C=N–C) groups is 1. The van der Waals surface area contributed by atoms with Gasteiger partial charge in [-0.1, -0.05) is 72.0 Å². The van der Waals surface area contributed by atoms with Crippen LogP contribution in [-0.2, 0) is 19.4 Å². The molecule has 4 aromatic rings. The normalized spacial score (nSPS) is 39.4. The number of aliphatic hydroxyl groups is 3. The van der Waals surface area contributed by atoms with Gasteiger partial charge in [0.25, 0.3) is 0 Å². The highest BCUT2D eigenvalue weighted by atomic mass is 16.3. The molecule has 0 saturated heterocycles. The fourth-order valence-corrected chi connectivity index (χ4v) is 13.5. The van der Waals surface area contributed by atoms with Crippen molar-refractivity contribution in [1.29, 1.82) is 0 Å². The first kappa shape index (κ1) is 36.9. The molecule has 2 aromatic carbocycles. The number of hydrogen-bond acceptors (Lipinski definition) is 5. The zero-order valence-corrected chi connectivity index (χ0v) is 33.2. The van der Waals surface area contributed by atoms with Gasteiger partial charge < -0.3 is 35.9 Å². The van der Waals surface area contributed by atoms with Crippen LogP contribution in [0.15, 0.2) is 96.0 Å². The molecule has 2 spiro atoms. The van der Waals surface area contributed by atoms with Crippen LogP contribution in [0.1, 0.15) is 76.0 Å². The van der Waals surface area contributed by atoms with E-state index in [2.05, 4.69) is 86.4 Å². The van der Waals surface area contributed by atoms with Crippen LogP contribution in [0, 0.1) is 58.2 Å². The maximum Gasteiger partial charge on any atom is 0.189 e. The molecular weight excluding hydrogens is 709 g/mol. The number of allylic oxidation sites excluding steroid dienone is 2. The Morgan fingerprint density at radius 1 is 1.02 bits per heavy atom. The number of nitrogens with zero attached hydrogens (tertiary/aromatic N) is 3. The van der Waals surface area contributed by atoms with Crippen molar-refractivity contribution >= 4 is 16.9 Å². The summed E-state index contributed by atoms with van der Waals surface area (Å²) in [5, 5.41) is 42.6. The van der Waals surface area contributed by atoms with Crippen LogP contribution >= 0.6 is 0 Å². The summed E-state index contributed by atoms with van der Waals surface area (Å²) < 4.78 is 2.23. The Morgan fingerprint density at radius 2 is 1.86 bits per heavy atom. The number of fused-ring (bicyclic) bond motifs is 2. The van der Waals surface area contributed by atoms with E-state index in [0.29, 0.717) is 24.8 Å². The molecule has 0 unspecified atom stereocenters. The second-order valence-corrected chi connectivity index (χ2v) is 19.1. The van der Waals surface area contributed by atoms with E-state index in [1.165, 1.54) is 22.2 Å². The van der Waals surface area contributed by atoms with Gasteiger partial charge in [0.1, 0.15) is 0 Å². The Kier molecular flexibility index (Phi) is 9.00. The Morgan fingerprint density at radius 3 is 2.68 bits per heavy atom. The third kappa shape index (κ3) is 6.25. The van der Waals surface area contributed by atoms with E-state index < -0.39 is 23.3 Å². The van der Waals surface area contributed by atoms with Crippen molar-refractivity contribution in [2.75, 3.05) is 6.54 Å². The highest BCUT2D eigenvalue weighted by molar-refractivity contribution is 5.80. The summed E-state index contributed by atoms with van der Waals surface area (Å²) in [4.78, 5) is 12.8. The summed E-state index contributed by atoms with van der Waals surface area (Å²) in [6.45, 7) is 3.51. The van der Waals surface area contributed by atoms with Crippen LogP contribution < -0.4 is 11.1 Å². The molecular formula is C48H58N6O3. The molecule has 7 aliphatic carbocycles. The zero-order valence-electron chi connectivity index (χ0n) is 33.2. The monoisotopic (exact) mass is 766 g/mol. The van der Waals surface area contributed by atoms with Crippen molar-refractivity contribution in [2.45, 2.75) is 107 Å². The third-order valence-electron chi connectivity index (χ3n) is 16.0. The van der Waals surface area contributed by atoms with Gasteiger partial charge in [-0.3, -0.25) is 4.99 Å². The third-order valence-corrected chi connectivity index (χ3v) is 16.0. The number of imidazole rings is 1. The Balaban J connectivity index is 1.09. The number of nitrogens with one attached hydrogen (secondary N) is 2. The Bertz CT molecular complexity index is 2200. The number of aliphatic hydroxyl groups excluding tert-OH is 1. The second kappa shape index (κ2) is 13.9. The molecule has 9 nitrogen and oxygen atoms in total. The summed E-state index contributed by atoms with van der Waals surface area (Å²) in [5.41, 5.74) is 8.70. The molecule has 5 fully saturated rings. The van der Waals surface area contributed by atoms with Gasteiger partial charge >= 0.3 is 0 Å². The lowest BCUT2D eigenvalue weighted by molar-refractivity contribution is -0.128. The van der Waals surface area contributed by atoms with E-state index in [-0.39, 0.29) is 46.8 Å². The van der Waals surface area contributed by atoms with Crippen LogP contribution in [0.2, 0.25) is 0 Å². The lowest BCUT2D eigenvalue weighted by Gasteiger charge is -2.58.